The predicted molar refractivity (Wildman–Crippen MR) is 72.4 cm³/mol. The highest BCUT2D eigenvalue weighted by Gasteiger charge is 2.22. The van der Waals surface area contributed by atoms with Crippen LogP contribution in [0.25, 0.3) is 0 Å². The van der Waals surface area contributed by atoms with Crippen LogP contribution in [0.4, 0.5) is 5.69 Å². The number of hydrogen-bond acceptors (Lipinski definition) is 2. The quantitative estimate of drug-likeness (QED) is 0.840. The van der Waals surface area contributed by atoms with Gasteiger partial charge in [0.2, 0.25) is 0 Å². The lowest BCUT2D eigenvalue weighted by Gasteiger charge is -2.17. The summed E-state index contributed by atoms with van der Waals surface area (Å²) in [6, 6.07) is 7.10. The summed E-state index contributed by atoms with van der Waals surface area (Å²) in [5.74, 6) is 0.947. The molecule has 0 aliphatic heterocycles. The van der Waals surface area contributed by atoms with Crippen LogP contribution in [0.15, 0.2) is 24.3 Å². The summed E-state index contributed by atoms with van der Waals surface area (Å²) >= 11 is 0. The molecular weight excluding hydrogens is 236 g/mol. The Morgan fingerprint density at radius 3 is 2.47 bits per heavy atom. The van der Waals surface area contributed by atoms with Gasteiger partial charge in [-0.2, -0.15) is 0 Å². The maximum atomic E-state index is 12.0. The topological polar surface area (TPSA) is 46.3 Å². The maximum absolute atomic E-state index is 12.0. The molecule has 2 N–H and O–H groups in total. The molecule has 0 saturated heterocycles. The van der Waals surface area contributed by atoms with Crippen LogP contribution in [-0.2, 0) is 0 Å². The average Bonchev–Trinajstić information content (AvgIpc) is 3.10. The standard InChI is InChI=1S/C13H18N2O.ClH/c1-15(9-8-10-2-3-10)13(16)11-4-6-12(14)7-5-11;/h4-7,10H,2-3,8-9,14H2,1H3;1H. The molecule has 0 aromatic heterocycles. The highest BCUT2D eigenvalue weighted by atomic mass is 35.5. The fourth-order valence-electron chi connectivity index (χ4n) is 1.73. The van der Waals surface area contributed by atoms with E-state index in [9.17, 15) is 4.79 Å². The van der Waals surface area contributed by atoms with E-state index < -0.39 is 0 Å². The number of carbonyl (C=O) groups is 1. The van der Waals surface area contributed by atoms with Crippen molar-refractivity contribution in [1.82, 2.24) is 4.90 Å². The maximum Gasteiger partial charge on any atom is 0.253 e. The summed E-state index contributed by atoms with van der Waals surface area (Å²) in [6.07, 6.45) is 3.81. The molecule has 3 nitrogen and oxygen atoms in total. The monoisotopic (exact) mass is 254 g/mol. The molecule has 17 heavy (non-hydrogen) atoms. The van der Waals surface area contributed by atoms with Crippen LogP contribution in [0.1, 0.15) is 29.6 Å². The van der Waals surface area contributed by atoms with Crippen LogP contribution in [-0.4, -0.2) is 24.4 Å². The number of carbonyl (C=O) groups excluding carboxylic acids is 1. The summed E-state index contributed by atoms with van der Waals surface area (Å²) in [4.78, 5) is 13.8. The first kappa shape index (κ1) is 13.8. The first-order valence-corrected chi connectivity index (χ1v) is 5.78. The minimum atomic E-state index is 0. The van der Waals surface area contributed by atoms with Crippen molar-refractivity contribution in [2.24, 2.45) is 5.92 Å². The number of rotatable bonds is 4. The molecule has 1 aromatic carbocycles. The predicted octanol–water partition coefficient (Wildman–Crippen LogP) is 2.56. The summed E-state index contributed by atoms with van der Waals surface area (Å²) < 4.78 is 0. The fourth-order valence-corrected chi connectivity index (χ4v) is 1.73. The number of halogens is 1. The van der Waals surface area contributed by atoms with Gasteiger partial charge in [-0.05, 0) is 36.6 Å². The zero-order valence-corrected chi connectivity index (χ0v) is 10.9. The molecule has 1 aliphatic rings. The van der Waals surface area contributed by atoms with Gasteiger partial charge in [-0.15, -0.1) is 12.4 Å². The van der Waals surface area contributed by atoms with Crippen molar-refractivity contribution in [3.8, 4) is 0 Å². The molecule has 1 aliphatic carbocycles. The van der Waals surface area contributed by atoms with Crippen LogP contribution in [0, 0.1) is 5.92 Å². The average molecular weight is 255 g/mol. The lowest BCUT2D eigenvalue weighted by molar-refractivity contribution is 0.0791. The van der Waals surface area contributed by atoms with Gasteiger partial charge in [0.1, 0.15) is 0 Å². The van der Waals surface area contributed by atoms with E-state index in [-0.39, 0.29) is 18.3 Å². The number of benzene rings is 1. The van der Waals surface area contributed by atoms with E-state index in [1.165, 1.54) is 12.8 Å². The van der Waals surface area contributed by atoms with Crippen molar-refractivity contribution in [1.29, 1.82) is 0 Å². The van der Waals surface area contributed by atoms with Crippen LogP contribution < -0.4 is 5.73 Å². The van der Waals surface area contributed by atoms with Crippen LogP contribution in [0.5, 0.6) is 0 Å². The second-order valence-electron chi connectivity index (χ2n) is 4.58. The number of nitrogens with zero attached hydrogens (tertiary/aromatic N) is 1. The van der Waals surface area contributed by atoms with E-state index in [1.807, 2.05) is 7.05 Å². The molecule has 1 fully saturated rings. The van der Waals surface area contributed by atoms with Crippen LogP contribution in [0.2, 0.25) is 0 Å². The minimum absolute atomic E-state index is 0. The van der Waals surface area contributed by atoms with Crippen molar-refractivity contribution in [3.05, 3.63) is 29.8 Å². The van der Waals surface area contributed by atoms with Gasteiger partial charge in [-0.1, -0.05) is 12.8 Å². The van der Waals surface area contributed by atoms with Gasteiger partial charge in [0.15, 0.2) is 0 Å². The molecule has 2 rings (SSSR count). The Balaban J connectivity index is 0.00000144. The molecule has 94 valence electrons. The van der Waals surface area contributed by atoms with Gasteiger partial charge in [0, 0.05) is 24.8 Å². The van der Waals surface area contributed by atoms with Crippen molar-refractivity contribution in [2.75, 3.05) is 19.3 Å². The summed E-state index contributed by atoms with van der Waals surface area (Å²) in [6.45, 7) is 0.855. The smallest absolute Gasteiger partial charge is 0.253 e. The van der Waals surface area contributed by atoms with Gasteiger partial charge in [0.25, 0.3) is 5.91 Å². The molecule has 0 bridgehead atoms. The first-order chi connectivity index (χ1) is 7.66. The van der Waals surface area contributed by atoms with Gasteiger partial charge in [-0.3, -0.25) is 4.79 Å². The summed E-state index contributed by atoms with van der Waals surface area (Å²) in [7, 11) is 1.86. The van der Waals surface area contributed by atoms with Crippen LogP contribution in [0.3, 0.4) is 0 Å². The van der Waals surface area contributed by atoms with E-state index in [1.54, 1.807) is 29.2 Å². The zero-order valence-electron chi connectivity index (χ0n) is 10.1. The second-order valence-corrected chi connectivity index (χ2v) is 4.58. The van der Waals surface area contributed by atoms with E-state index in [2.05, 4.69) is 0 Å². The molecule has 0 atom stereocenters. The second kappa shape index (κ2) is 5.92. The SMILES string of the molecule is CN(CCC1CC1)C(=O)c1ccc(N)cc1.Cl. The van der Waals surface area contributed by atoms with Gasteiger partial charge in [-0.25, -0.2) is 0 Å². The number of nitrogen functional groups attached to an aromatic ring is 1. The molecule has 0 unspecified atom stereocenters. The van der Waals surface area contributed by atoms with Crippen molar-refractivity contribution in [3.63, 3.8) is 0 Å². The molecule has 0 radical (unpaired) electrons. The Bertz CT molecular complexity index is 374. The molecule has 1 amide bonds. The third-order valence-corrected chi connectivity index (χ3v) is 3.07. The van der Waals surface area contributed by atoms with Crippen molar-refractivity contribution < 1.29 is 4.79 Å². The zero-order chi connectivity index (χ0) is 11.5. The minimum Gasteiger partial charge on any atom is -0.399 e. The third kappa shape index (κ3) is 3.93. The molecule has 1 aromatic rings. The van der Waals surface area contributed by atoms with Gasteiger partial charge >= 0.3 is 0 Å². The summed E-state index contributed by atoms with van der Waals surface area (Å²) in [5, 5.41) is 0. The number of nitrogens with two attached hydrogens (primary N) is 1. The Morgan fingerprint density at radius 2 is 1.94 bits per heavy atom. The molecule has 0 spiro atoms. The molecule has 4 heteroatoms. The van der Waals surface area contributed by atoms with E-state index in [0.29, 0.717) is 11.3 Å². The fraction of sp³-hybridized carbons (Fsp3) is 0.462. The van der Waals surface area contributed by atoms with Crippen molar-refractivity contribution in [2.45, 2.75) is 19.3 Å². The summed E-state index contributed by atoms with van der Waals surface area (Å²) in [5.41, 5.74) is 6.99. The number of hydrogen-bond donors (Lipinski definition) is 1. The number of anilines is 1. The molecule has 1 saturated carbocycles. The normalized spacial score (nSPS) is 13.9. The van der Waals surface area contributed by atoms with Gasteiger partial charge < -0.3 is 10.6 Å². The van der Waals surface area contributed by atoms with Crippen LogP contribution >= 0.6 is 12.4 Å². The lowest BCUT2D eigenvalue weighted by Crippen LogP contribution is -2.27. The van der Waals surface area contributed by atoms with Crippen molar-refractivity contribution >= 4 is 24.0 Å². The Hall–Kier alpha value is -1.22. The highest BCUT2D eigenvalue weighted by molar-refractivity contribution is 5.94. The lowest BCUT2D eigenvalue weighted by atomic mass is 10.2. The highest BCUT2D eigenvalue weighted by Crippen LogP contribution is 2.32. The van der Waals surface area contributed by atoms with E-state index >= 15 is 0 Å². The molecular formula is C13H19ClN2O. The molecule has 0 heterocycles. The van der Waals surface area contributed by atoms with E-state index in [0.717, 1.165) is 18.9 Å². The largest absolute Gasteiger partial charge is 0.399 e. The van der Waals surface area contributed by atoms with Gasteiger partial charge in [0.05, 0.1) is 0 Å². The Morgan fingerprint density at radius 1 is 1.35 bits per heavy atom. The van der Waals surface area contributed by atoms with E-state index in [4.69, 9.17) is 5.73 Å². The Labute approximate surface area is 108 Å². The third-order valence-electron chi connectivity index (χ3n) is 3.07. The number of amides is 1. The Kier molecular flexibility index (Phi) is 4.82. The first-order valence-electron chi connectivity index (χ1n) is 5.78.